The maximum Gasteiger partial charge on any atom is 0.179 e. The zero-order valence-corrected chi connectivity index (χ0v) is 10.0. The van der Waals surface area contributed by atoms with E-state index in [-0.39, 0.29) is 18.5 Å². The van der Waals surface area contributed by atoms with Crippen LogP contribution in [0.1, 0.15) is 27.2 Å². The van der Waals surface area contributed by atoms with E-state index in [1.54, 1.807) is 6.92 Å². The normalized spacial score (nSPS) is 26.2. The third-order valence-corrected chi connectivity index (χ3v) is 2.30. The van der Waals surface area contributed by atoms with Crippen LogP contribution in [0, 0.1) is 17.2 Å². The summed E-state index contributed by atoms with van der Waals surface area (Å²) in [5.74, 6) is -0.348. The molecule has 0 aromatic carbocycles. The van der Waals surface area contributed by atoms with Crippen LogP contribution >= 0.6 is 0 Å². The van der Waals surface area contributed by atoms with E-state index in [2.05, 4.69) is 6.07 Å². The van der Waals surface area contributed by atoms with Crippen LogP contribution in [0.15, 0.2) is 0 Å². The molecule has 1 aliphatic heterocycles. The Kier molecular flexibility index (Phi) is 5.71. The summed E-state index contributed by atoms with van der Waals surface area (Å²) >= 11 is 0. The molecule has 1 atom stereocenters. The van der Waals surface area contributed by atoms with Crippen molar-refractivity contribution in [2.24, 2.45) is 5.92 Å². The molecule has 92 valence electrons. The number of hydrogen-bond acceptors (Lipinski definition) is 5. The van der Waals surface area contributed by atoms with Crippen LogP contribution in [0.2, 0.25) is 0 Å². The predicted molar refractivity (Wildman–Crippen MR) is 56.2 cm³/mol. The van der Waals surface area contributed by atoms with E-state index in [0.29, 0.717) is 19.6 Å². The van der Waals surface area contributed by atoms with Crippen molar-refractivity contribution in [3.63, 3.8) is 0 Å². The van der Waals surface area contributed by atoms with Gasteiger partial charge >= 0.3 is 0 Å². The Morgan fingerprint density at radius 2 is 1.81 bits per heavy atom. The highest BCUT2D eigenvalue weighted by Crippen LogP contribution is 2.26. The lowest BCUT2D eigenvalue weighted by molar-refractivity contribution is -0.389. The Morgan fingerprint density at radius 1 is 1.25 bits per heavy atom. The lowest BCUT2D eigenvalue weighted by atomic mass is 10.1. The van der Waals surface area contributed by atoms with Gasteiger partial charge in [0, 0.05) is 19.6 Å². The van der Waals surface area contributed by atoms with Crippen molar-refractivity contribution in [1.82, 2.24) is 0 Å². The number of rotatable bonds is 7. The average Bonchev–Trinajstić information content (AvgIpc) is 2.22. The van der Waals surface area contributed by atoms with Crippen LogP contribution in [0.5, 0.6) is 0 Å². The maximum atomic E-state index is 9.01. The molecule has 0 aromatic rings. The number of ether oxygens (including phenoxy) is 4. The van der Waals surface area contributed by atoms with Gasteiger partial charge in [-0.2, -0.15) is 5.26 Å². The monoisotopic (exact) mass is 229 g/mol. The molecule has 5 heteroatoms. The van der Waals surface area contributed by atoms with Crippen LogP contribution in [-0.2, 0) is 18.9 Å². The summed E-state index contributed by atoms with van der Waals surface area (Å²) in [6.07, 6.45) is -0.542. The fourth-order valence-electron chi connectivity index (χ4n) is 1.57. The van der Waals surface area contributed by atoms with E-state index in [9.17, 15) is 0 Å². The molecule has 1 aliphatic rings. The molecule has 1 heterocycles. The molecule has 0 saturated carbocycles. The smallest absolute Gasteiger partial charge is 0.179 e. The van der Waals surface area contributed by atoms with E-state index in [1.165, 1.54) is 0 Å². The van der Waals surface area contributed by atoms with Crippen LogP contribution in [0.4, 0.5) is 0 Å². The number of nitriles is 1. The summed E-state index contributed by atoms with van der Waals surface area (Å²) in [4.78, 5) is 0. The molecule has 0 amide bonds. The third kappa shape index (κ3) is 3.72. The second kappa shape index (κ2) is 6.81. The first-order chi connectivity index (χ1) is 7.71. The summed E-state index contributed by atoms with van der Waals surface area (Å²) in [5, 5.41) is 9.01. The Morgan fingerprint density at radius 3 is 2.19 bits per heavy atom. The van der Waals surface area contributed by atoms with Gasteiger partial charge in [-0.15, -0.1) is 0 Å². The molecule has 1 unspecified atom stereocenters. The molecule has 0 spiro atoms. The van der Waals surface area contributed by atoms with Crippen LogP contribution in [0.3, 0.4) is 0 Å². The second-order valence-electron chi connectivity index (χ2n) is 3.52. The van der Waals surface area contributed by atoms with Crippen molar-refractivity contribution in [3.05, 3.63) is 0 Å². The van der Waals surface area contributed by atoms with E-state index in [0.717, 1.165) is 0 Å². The Hall–Kier alpha value is -0.670. The Bertz CT molecular complexity index is 229. The maximum absolute atomic E-state index is 9.01. The molecular formula is C11H19NO4. The first-order valence-electron chi connectivity index (χ1n) is 5.65. The zero-order chi connectivity index (χ0) is 12.0. The topological polar surface area (TPSA) is 60.7 Å². The molecule has 0 radical (unpaired) electrons. The minimum atomic E-state index is -0.441. The summed E-state index contributed by atoms with van der Waals surface area (Å²) in [6, 6.07) is 2.16. The van der Waals surface area contributed by atoms with Gasteiger partial charge < -0.3 is 18.9 Å². The highest BCUT2D eigenvalue weighted by molar-refractivity contribution is 4.88. The molecule has 5 nitrogen and oxygen atoms in total. The number of hydrogen-bond donors (Lipinski definition) is 0. The second-order valence-corrected chi connectivity index (χ2v) is 3.52. The molecule has 1 rings (SSSR count). The highest BCUT2D eigenvalue weighted by atomic mass is 16.9. The largest absolute Gasteiger partial charge is 0.353 e. The van der Waals surface area contributed by atoms with Crippen molar-refractivity contribution in [2.75, 3.05) is 13.2 Å². The van der Waals surface area contributed by atoms with Crippen molar-refractivity contribution < 1.29 is 18.9 Å². The van der Waals surface area contributed by atoms with Gasteiger partial charge in [0.1, 0.15) is 5.92 Å². The molecule has 0 aromatic heterocycles. The minimum Gasteiger partial charge on any atom is -0.353 e. The zero-order valence-electron chi connectivity index (χ0n) is 10.0. The highest BCUT2D eigenvalue weighted by Gasteiger charge is 2.36. The molecule has 1 fully saturated rings. The van der Waals surface area contributed by atoms with E-state index in [4.69, 9.17) is 24.2 Å². The molecule has 0 N–H and O–H groups in total. The van der Waals surface area contributed by atoms with Gasteiger partial charge in [0.05, 0.1) is 6.07 Å². The van der Waals surface area contributed by atoms with Crippen LogP contribution < -0.4 is 0 Å². The van der Waals surface area contributed by atoms with Crippen molar-refractivity contribution in [3.8, 4) is 6.07 Å². The standard InChI is InChI=1S/C11H19NO4/c1-4-13-10(14-5-2)6-9(7-12)11-15-8(3)16-11/h8-11H,4-6H2,1-3H3. The fourth-order valence-corrected chi connectivity index (χ4v) is 1.57. The number of nitrogens with zero attached hydrogens (tertiary/aromatic N) is 1. The van der Waals surface area contributed by atoms with E-state index in [1.807, 2.05) is 13.8 Å². The van der Waals surface area contributed by atoms with Gasteiger partial charge in [0.15, 0.2) is 18.9 Å². The van der Waals surface area contributed by atoms with Gasteiger partial charge in [0.2, 0.25) is 0 Å². The summed E-state index contributed by atoms with van der Waals surface area (Å²) < 4.78 is 21.3. The molecule has 0 bridgehead atoms. The molecule has 16 heavy (non-hydrogen) atoms. The summed E-state index contributed by atoms with van der Waals surface area (Å²) in [5.41, 5.74) is 0. The molecule has 1 saturated heterocycles. The lowest BCUT2D eigenvalue weighted by Gasteiger charge is -2.37. The van der Waals surface area contributed by atoms with Crippen molar-refractivity contribution >= 4 is 0 Å². The van der Waals surface area contributed by atoms with Crippen LogP contribution in [0.25, 0.3) is 0 Å². The average molecular weight is 229 g/mol. The minimum absolute atomic E-state index is 0.210. The fraction of sp³-hybridized carbons (Fsp3) is 0.909. The van der Waals surface area contributed by atoms with Crippen molar-refractivity contribution in [2.45, 2.75) is 46.1 Å². The quantitative estimate of drug-likeness (QED) is 0.621. The van der Waals surface area contributed by atoms with Crippen LogP contribution in [-0.4, -0.2) is 32.1 Å². The van der Waals surface area contributed by atoms with Gasteiger partial charge in [0.25, 0.3) is 0 Å². The predicted octanol–water partition coefficient (Wildman–Crippen LogP) is 1.63. The Balaban J connectivity index is 2.38. The summed E-state index contributed by atoms with van der Waals surface area (Å²) in [7, 11) is 0. The van der Waals surface area contributed by atoms with E-state index < -0.39 is 6.29 Å². The lowest BCUT2D eigenvalue weighted by Crippen LogP contribution is -2.44. The first kappa shape index (κ1) is 13.4. The molecular weight excluding hydrogens is 210 g/mol. The molecule has 0 aliphatic carbocycles. The van der Waals surface area contributed by atoms with Gasteiger partial charge in [-0.3, -0.25) is 0 Å². The Labute approximate surface area is 96.2 Å². The first-order valence-corrected chi connectivity index (χ1v) is 5.65. The van der Waals surface area contributed by atoms with Crippen molar-refractivity contribution in [1.29, 1.82) is 5.26 Å². The van der Waals surface area contributed by atoms with Gasteiger partial charge in [-0.1, -0.05) is 0 Å². The van der Waals surface area contributed by atoms with Gasteiger partial charge in [-0.05, 0) is 20.8 Å². The van der Waals surface area contributed by atoms with Gasteiger partial charge in [-0.25, -0.2) is 0 Å². The SMILES string of the molecule is CCOC(CC(C#N)C1OC(C)O1)OCC. The van der Waals surface area contributed by atoms with E-state index >= 15 is 0 Å². The summed E-state index contributed by atoms with van der Waals surface area (Å²) in [6.45, 7) is 6.71. The third-order valence-electron chi connectivity index (χ3n) is 2.30.